The smallest absolute Gasteiger partial charge is 0.868 e. The van der Waals surface area contributed by atoms with Crippen LogP contribution in [0.1, 0.15) is 0 Å². The Bertz CT molecular complexity index is 92.9. The third-order valence-electron chi connectivity index (χ3n) is 0.258. The summed E-state index contributed by atoms with van der Waals surface area (Å²) >= 11 is 0. The van der Waals surface area contributed by atoms with Gasteiger partial charge < -0.3 is 44.6 Å². The van der Waals surface area contributed by atoms with Gasteiger partial charge in [0.05, 0.1) is 0 Å². The van der Waals surface area contributed by atoms with Crippen LogP contribution in [0.3, 0.4) is 0 Å². The maximum absolute atomic E-state index is 8.87. The third kappa shape index (κ3) is 89.3. The van der Waals surface area contributed by atoms with E-state index >= 15 is 0 Å². The van der Waals surface area contributed by atoms with Crippen molar-refractivity contribution in [2.24, 2.45) is 0 Å². The summed E-state index contributed by atoms with van der Waals surface area (Å²) in [6.07, 6.45) is 0. The molecule has 0 saturated carbocycles. The Morgan fingerprint density at radius 1 is 0.500 bits per heavy atom. The minimum atomic E-state index is -2.56. The van der Waals surface area contributed by atoms with Gasteiger partial charge in [0, 0.05) is 98.1 Å². The van der Waals surface area contributed by atoms with Crippen LogP contribution in [0.25, 0.3) is 0 Å². The Balaban J connectivity index is -0.0000000160. The first kappa shape index (κ1) is 50.0. The van der Waals surface area contributed by atoms with Crippen LogP contribution >= 0.6 is 0 Å². The fourth-order valence-electron chi connectivity index (χ4n) is 0. The molecule has 0 aliphatic rings. The van der Waals surface area contributed by atoms with Crippen LogP contribution in [0.15, 0.2) is 0 Å². The van der Waals surface area contributed by atoms with Gasteiger partial charge >= 0.3 is 79.9 Å². The summed E-state index contributed by atoms with van der Waals surface area (Å²) in [6, 6.07) is 0. The van der Waals surface area contributed by atoms with E-state index in [1.54, 1.807) is 0 Å². The molecule has 0 atom stereocenters. The molecule has 0 aromatic carbocycles. The van der Waals surface area contributed by atoms with Gasteiger partial charge in [-0.15, -0.1) is 0 Å². The van der Waals surface area contributed by atoms with Crippen molar-refractivity contribution in [2.75, 3.05) is 0 Å². The summed E-state index contributed by atoms with van der Waals surface area (Å²) in [5, 5.41) is 74.3. The molecule has 20 heteroatoms. The summed E-state index contributed by atoms with van der Waals surface area (Å²) in [7, 11) is -7.68. The number of hydrogen-bond donors (Lipinski definition) is 3. The van der Waals surface area contributed by atoms with E-state index in [2.05, 4.69) is 14.4 Å². The van der Waals surface area contributed by atoms with Gasteiger partial charge in [0.2, 0.25) is 0 Å². The monoisotopic (exact) mass is 811 g/mol. The van der Waals surface area contributed by atoms with Gasteiger partial charge in [-0.2, -0.15) is 0 Å². The van der Waals surface area contributed by atoms with Crippen LogP contribution in [-0.4, -0.2) is 37.7 Å². The molecule has 109 valence electrons. The van der Waals surface area contributed by atoms with Gasteiger partial charge in [0.25, 0.3) is 0 Å². The summed E-state index contributed by atoms with van der Waals surface area (Å²) in [5.74, 6) is 0. The standard InChI is InChI=1S/3BHO4.2Gd.3Y/c3*2-1(3)5-4;;;;;/h3*4H;;;;;/q3*-2;2*+3;;;. The average molecular weight is 809 g/mol. The largest absolute Gasteiger partial charge is 3.00 e. The molecule has 0 heterocycles. The van der Waals surface area contributed by atoms with E-state index in [0.29, 0.717) is 0 Å². The molecule has 0 amide bonds. The van der Waals surface area contributed by atoms with E-state index in [9.17, 15) is 0 Å². The van der Waals surface area contributed by atoms with Gasteiger partial charge in [-0.25, -0.2) is 0 Å². The molecule has 0 unspecified atom stereocenters. The molecule has 0 aliphatic heterocycles. The Hall–Kier alpha value is 5.68. The second-order valence-corrected chi connectivity index (χ2v) is 1.18. The van der Waals surface area contributed by atoms with Crippen LogP contribution in [0.4, 0.5) is 0 Å². The zero-order valence-corrected chi connectivity index (χ0v) is 22.2. The molecule has 3 N–H and O–H groups in total. The van der Waals surface area contributed by atoms with Crippen molar-refractivity contribution in [1.82, 2.24) is 0 Å². The molecule has 20 heavy (non-hydrogen) atoms. The van der Waals surface area contributed by atoms with Crippen molar-refractivity contribution in [1.29, 1.82) is 0 Å². The SMILES string of the molecule is [Gd+3].[Gd+3].[O-]B([O-])OO.[O-]B([O-])OO.[O-]B([O-])OO.[Y].[Y].[Y]. The minimum absolute atomic E-state index is 0. The fourth-order valence-corrected chi connectivity index (χ4v) is 0. The first-order valence-electron chi connectivity index (χ1n) is 2.67. The van der Waals surface area contributed by atoms with Gasteiger partial charge in [0.1, 0.15) is 22.0 Å². The van der Waals surface area contributed by atoms with Crippen molar-refractivity contribution in [3.05, 3.63) is 0 Å². The quantitative estimate of drug-likeness (QED) is 0.137. The molecule has 0 aromatic rings. The summed E-state index contributed by atoms with van der Waals surface area (Å²) < 4.78 is 0. The predicted octanol–water partition coefficient (Wildman–Crippen LogP) is -8.46. The van der Waals surface area contributed by atoms with Crippen molar-refractivity contribution < 1.29 is 238 Å². The predicted molar refractivity (Wildman–Crippen MR) is 28.4 cm³/mol. The van der Waals surface area contributed by atoms with Crippen LogP contribution in [0.2, 0.25) is 0 Å². The summed E-state index contributed by atoms with van der Waals surface area (Å²) in [5.41, 5.74) is 0. The number of rotatable bonds is 3. The van der Waals surface area contributed by atoms with E-state index in [1.165, 1.54) is 0 Å². The Kier molecular flexibility index (Phi) is 111. The van der Waals surface area contributed by atoms with Crippen LogP contribution in [-0.2, 0) is 113 Å². The zero-order valence-electron chi connectivity index (χ0n) is 9.19. The van der Waals surface area contributed by atoms with Crippen molar-refractivity contribution in [3.63, 3.8) is 0 Å². The van der Waals surface area contributed by atoms with E-state index in [1.807, 2.05) is 0 Å². The molecule has 0 fully saturated rings. The van der Waals surface area contributed by atoms with E-state index in [-0.39, 0.29) is 178 Å². The molecule has 0 aliphatic carbocycles. The van der Waals surface area contributed by atoms with Gasteiger partial charge in [-0.3, -0.25) is 15.8 Å². The van der Waals surface area contributed by atoms with Crippen LogP contribution < -0.4 is 30.1 Å². The van der Waals surface area contributed by atoms with Gasteiger partial charge in [0.15, 0.2) is 0 Å². The molecule has 0 rings (SSSR count). The van der Waals surface area contributed by atoms with Crippen molar-refractivity contribution >= 4 is 22.0 Å². The second kappa shape index (κ2) is 44.3. The molecular formula is H3B3Gd2O12Y3. The third-order valence-corrected chi connectivity index (χ3v) is 0.258. The molecule has 0 bridgehead atoms. The summed E-state index contributed by atoms with van der Waals surface area (Å²) in [6.45, 7) is 0. The normalized spacial score (nSPS) is 5.85. The van der Waals surface area contributed by atoms with Crippen LogP contribution in [0.5, 0.6) is 0 Å². The first-order chi connectivity index (χ1) is 6.81. The summed E-state index contributed by atoms with van der Waals surface area (Å²) in [4.78, 5) is 7.92. The molecule has 0 saturated heterocycles. The maximum atomic E-state index is 8.87. The zero-order chi connectivity index (χ0) is 12.9. The van der Waals surface area contributed by atoms with Crippen LogP contribution in [0, 0.1) is 79.9 Å². The Morgan fingerprint density at radius 3 is 0.550 bits per heavy atom. The number of hydrogen-bond acceptors (Lipinski definition) is 12. The minimum Gasteiger partial charge on any atom is -0.868 e. The fraction of sp³-hybridized carbons (Fsp3) is 0. The molecule has 12 nitrogen and oxygen atoms in total. The van der Waals surface area contributed by atoms with E-state index in [4.69, 9.17) is 45.9 Å². The van der Waals surface area contributed by atoms with Crippen molar-refractivity contribution in [2.45, 2.75) is 0 Å². The van der Waals surface area contributed by atoms with Gasteiger partial charge in [-0.05, 0) is 0 Å². The maximum Gasteiger partial charge on any atom is 3.00 e. The Labute approximate surface area is 254 Å². The van der Waals surface area contributed by atoms with Gasteiger partial charge in [-0.1, -0.05) is 0 Å². The molecule has 0 spiro atoms. The van der Waals surface area contributed by atoms with E-state index in [0.717, 1.165) is 0 Å². The second-order valence-electron chi connectivity index (χ2n) is 1.18. The molecule has 0 aromatic heterocycles. The topological polar surface area (TPSA) is 227 Å². The Morgan fingerprint density at radius 2 is 0.550 bits per heavy atom. The molecule has 5 radical (unpaired) electrons. The van der Waals surface area contributed by atoms with E-state index < -0.39 is 22.0 Å². The van der Waals surface area contributed by atoms with Crippen molar-refractivity contribution in [3.8, 4) is 0 Å². The first-order valence-corrected chi connectivity index (χ1v) is 2.67. The molecular weight excluding hydrogens is 806 g/mol. The average Bonchev–Trinajstić information content (AvgIpc) is 2.19.